The summed E-state index contributed by atoms with van der Waals surface area (Å²) in [4.78, 5) is 34.2. The first-order valence-corrected chi connectivity index (χ1v) is 7.48. The third-order valence-corrected chi connectivity index (χ3v) is 3.95. The van der Waals surface area contributed by atoms with Crippen LogP contribution in [0.3, 0.4) is 0 Å². The van der Waals surface area contributed by atoms with Gasteiger partial charge in [0.25, 0.3) is 11.6 Å². The van der Waals surface area contributed by atoms with Crippen molar-refractivity contribution in [1.82, 2.24) is 14.1 Å². The molecule has 23 heavy (non-hydrogen) atoms. The topological polar surface area (TPSA) is 135 Å². The molecular formula is C13H14N4O5S. The van der Waals surface area contributed by atoms with Crippen LogP contribution in [0.5, 0.6) is 0 Å². The summed E-state index contributed by atoms with van der Waals surface area (Å²) in [6.07, 6.45) is 0.787. The van der Waals surface area contributed by atoms with Gasteiger partial charge in [0.15, 0.2) is 5.52 Å². The van der Waals surface area contributed by atoms with Crippen LogP contribution in [0.15, 0.2) is 12.1 Å². The summed E-state index contributed by atoms with van der Waals surface area (Å²) in [5.41, 5.74) is -1.49. The minimum Gasteiger partial charge on any atom is -0.480 e. The Morgan fingerprint density at radius 3 is 2.70 bits per heavy atom. The molecule has 1 heterocycles. The Balaban J connectivity index is 2.41. The van der Waals surface area contributed by atoms with E-state index in [9.17, 15) is 24.8 Å². The maximum Gasteiger partial charge on any atom is 0.329 e. The molecule has 1 aromatic heterocycles. The average molecular weight is 338 g/mol. The molecule has 0 saturated heterocycles. The summed E-state index contributed by atoms with van der Waals surface area (Å²) >= 11 is 0.801. The number of carboxylic acid groups (broad SMARTS) is 1. The zero-order chi connectivity index (χ0) is 17.2. The molecular weight excluding hydrogens is 324 g/mol. The molecule has 0 fully saturated rings. The molecule has 1 unspecified atom stereocenters. The minimum absolute atomic E-state index is 0.0273. The van der Waals surface area contributed by atoms with Gasteiger partial charge >= 0.3 is 5.97 Å². The van der Waals surface area contributed by atoms with Crippen molar-refractivity contribution in [3.8, 4) is 0 Å². The van der Waals surface area contributed by atoms with Crippen LogP contribution in [0.4, 0.5) is 5.69 Å². The second-order valence-corrected chi connectivity index (χ2v) is 5.75. The van der Waals surface area contributed by atoms with E-state index in [1.165, 1.54) is 13.0 Å². The highest BCUT2D eigenvalue weighted by Crippen LogP contribution is 2.26. The van der Waals surface area contributed by atoms with Crippen LogP contribution in [-0.4, -0.2) is 36.2 Å². The van der Waals surface area contributed by atoms with E-state index < -0.39 is 22.3 Å². The molecule has 0 spiro atoms. The molecule has 0 saturated carbocycles. The minimum atomic E-state index is -1.45. The van der Waals surface area contributed by atoms with Gasteiger partial charge in [0.1, 0.15) is 11.1 Å². The van der Waals surface area contributed by atoms with E-state index in [2.05, 4.69) is 14.1 Å². The summed E-state index contributed by atoms with van der Waals surface area (Å²) in [6, 6.07) is 2.43. The van der Waals surface area contributed by atoms with Gasteiger partial charge in [-0.3, -0.25) is 14.9 Å². The SMILES string of the molecule is CCCC(C)(NC(=O)c1cc([N+](=O)[O-])c2nsnc2c1)C(=O)O. The van der Waals surface area contributed by atoms with Crippen LogP contribution in [0.25, 0.3) is 11.0 Å². The number of carbonyl (C=O) groups excluding carboxylic acids is 1. The van der Waals surface area contributed by atoms with Gasteiger partial charge in [-0.05, 0) is 19.4 Å². The number of aromatic nitrogens is 2. The van der Waals surface area contributed by atoms with Crippen LogP contribution in [-0.2, 0) is 4.79 Å². The number of nitrogens with zero attached hydrogens (tertiary/aromatic N) is 3. The zero-order valence-corrected chi connectivity index (χ0v) is 13.2. The number of hydrogen-bond acceptors (Lipinski definition) is 7. The van der Waals surface area contributed by atoms with Crippen LogP contribution in [0, 0.1) is 10.1 Å². The predicted molar refractivity (Wildman–Crippen MR) is 82.5 cm³/mol. The maximum atomic E-state index is 12.3. The molecule has 122 valence electrons. The summed E-state index contributed by atoms with van der Waals surface area (Å²) in [5, 5.41) is 22.8. The molecule has 0 bridgehead atoms. The van der Waals surface area contributed by atoms with Gasteiger partial charge in [-0.2, -0.15) is 8.75 Å². The first kappa shape index (κ1) is 16.7. The van der Waals surface area contributed by atoms with Gasteiger partial charge in [0.05, 0.1) is 16.7 Å². The van der Waals surface area contributed by atoms with Gasteiger partial charge in [0, 0.05) is 11.6 Å². The Kier molecular flexibility index (Phi) is 4.55. The van der Waals surface area contributed by atoms with Gasteiger partial charge in [-0.1, -0.05) is 13.3 Å². The summed E-state index contributed by atoms with van der Waals surface area (Å²) < 4.78 is 7.74. The van der Waals surface area contributed by atoms with E-state index in [0.717, 1.165) is 17.8 Å². The average Bonchev–Trinajstić information content (AvgIpc) is 2.94. The van der Waals surface area contributed by atoms with Gasteiger partial charge < -0.3 is 10.4 Å². The number of fused-ring (bicyclic) bond motifs is 1. The molecule has 2 rings (SSSR count). The molecule has 9 nitrogen and oxygen atoms in total. The monoisotopic (exact) mass is 338 g/mol. The number of rotatable bonds is 6. The number of amides is 1. The largest absolute Gasteiger partial charge is 0.480 e. The summed E-state index contributed by atoms with van der Waals surface area (Å²) in [6.45, 7) is 3.19. The Bertz CT molecular complexity index is 790. The molecule has 0 aliphatic rings. The van der Waals surface area contributed by atoms with Crippen molar-refractivity contribution in [1.29, 1.82) is 0 Å². The highest BCUT2D eigenvalue weighted by Gasteiger charge is 2.34. The second-order valence-electron chi connectivity index (χ2n) is 5.23. The van der Waals surface area contributed by atoms with Crippen molar-refractivity contribution >= 4 is 40.3 Å². The molecule has 0 aliphatic heterocycles. The number of carboxylic acids is 1. The number of hydrogen-bond donors (Lipinski definition) is 2. The van der Waals surface area contributed by atoms with Crippen LogP contribution in [0.2, 0.25) is 0 Å². The second kappa shape index (κ2) is 6.24. The van der Waals surface area contributed by atoms with Gasteiger partial charge in [-0.25, -0.2) is 4.79 Å². The quantitative estimate of drug-likeness (QED) is 0.607. The van der Waals surface area contributed by atoms with Crippen molar-refractivity contribution in [3.05, 3.63) is 27.8 Å². The third-order valence-electron chi connectivity index (χ3n) is 3.41. The van der Waals surface area contributed by atoms with Gasteiger partial charge in [-0.15, -0.1) is 0 Å². The lowest BCUT2D eigenvalue weighted by molar-refractivity contribution is -0.383. The fraction of sp³-hybridized carbons (Fsp3) is 0.385. The predicted octanol–water partition coefficient (Wildman–Crippen LogP) is 1.97. The Morgan fingerprint density at radius 2 is 2.13 bits per heavy atom. The number of nitro groups is 1. The number of non-ortho nitro benzene ring substituents is 1. The van der Waals surface area contributed by atoms with E-state index in [0.29, 0.717) is 6.42 Å². The van der Waals surface area contributed by atoms with Crippen molar-refractivity contribution < 1.29 is 19.6 Å². The first-order valence-electron chi connectivity index (χ1n) is 6.75. The number of benzene rings is 1. The normalized spacial score (nSPS) is 13.5. The third kappa shape index (κ3) is 3.26. The number of aliphatic carboxylic acids is 1. The van der Waals surface area contributed by atoms with E-state index >= 15 is 0 Å². The lowest BCUT2D eigenvalue weighted by atomic mass is 9.95. The molecule has 1 amide bonds. The zero-order valence-electron chi connectivity index (χ0n) is 12.4. The smallest absolute Gasteiger partial charge is 0.329 e. The number of carbonyl (C=O) groups is 2. The highest BCUT2D eigenvalue weighted by molar-refractivity contribution is 7.00. The lowest BCUT2D eigenvalue weighted by Crippen LogP contribution is -2.52. The van der Waals surface area contributed by atoms with E-state index in [-0.39, 0.29) is 28.7 Å². The molecule has 10 heteroatoms. The van der Waals surface area contributed by atoms with Crippen molar-refractivity contribution in [2.75, 3.05) is 0 Å². The van der Waals surface area contributed by atoms with Crippen LogP contribution in [0.1, 0.15) is 37.0 Å². The molecule has 2 aromatic rings. The van der Waals surface area contributed by atoms with Crippen LogP contribution >= 0.6 is 11.7 Å². The first-order chi connectivity index (χ1) is 10.8. The van der Waals surface area contributed by atoms with E-state index in [1.807, 2.05) is 0 Å². The van der Waals surface area contributed by atoms with Crippen molar-refractivity contribution in [2.24, 2.45) is 0 Å². The summed E-state index contributed by atoms with van der Waals surface area (Å²) in [7, 11) is 0. The molecule has 1 aromatic carbocycles. The maximum absolute atomic E-state index is 12.3. The standard InChI is InChI=1S/C13H14N4O5S/c1-3-4-13(2,12(19)20)14-11(18)7-5-8-10(16-23-15-8)9(6-7)17(21)22/h5-6H,3-4H2,1-2H3,(H,14,18)(H,19,20). The number of nitro benzene ring substituents is 1. The van der Waals surface area contributed by atoms with Gasteiger partial charge in [0.2, 0.25) is 0 Å². The van der Waals surface area contributed by atoms with Crippen molar-refractivity contribution in [3.63, 3.8) is 0 Å². The molecule has 2 N–H and O–H groups in total. The molecule has 0 radical (unpaired) electrons. The highest BCUT2D eigenvalue weighted by atomic mass is 32.1. The van der Waals surface area contributed by atoms with Crippen LogP contribution < -0.4 is 5.32 Å². The molecule has 0 aliphatic carbocycles. The van der Waals surface area contributed by atoms with E-state index in [1.54, 1.807) is 6.92 Å². The fourth-order valence-corrected chi connectivity index (χ4v) is 2.73. The Morgan fingerprint density at radius 1 is 1.43 bits per heavy atom. The fourth-order valence-electron chi connectivity index (χ4n) is 2.19. The number of nitrogens with one attached hydrogen (secondary N) is 1. The van der Waals surface area contributed by atoms with Crippen molar-refractivity contribution in [2.45, 2.75) is 32.2 Å². The van der Waals surface area contributed by atoms with E-state index in [4.69, 9.17) is 0 Å². The Labute approximate surface area is 134 Å². The Hall–Kier alpha value is -2.62. The molecule has 1 atom stereocenters. The summed E-state index contributed by atoms with van der Waals surface area (Å²) in [5.74, 6) is -1.88. The lowest BCUT2D eigenvalue weighted by Gasteiger charge is -2.25.